The molecule has 1 heterocycles. The molecule has 2 rings (SSSR count). The lowest BCUT2D eigenvalue weighted by atomic mass is 10.1. The molecule has 0 radical (unpaired) electrons. The van der Waals surface area contributed by atoms with E-state index >= 15 is 0 Å². The molecule has 0 fully saturated rings. The van der Waals surface area contributed by atoms with Gasteiger partial charge in [-0.25, -0.2) is 4.98 Å². The molecule has 4 nitrogen and oxygen atoms in total. The third-order valence-electron chi connectivity index (χ3n) is 3.04. The summed E-state index contributed by atoms with van der Waals surface area (Å²) in [6, 6.07) is 7.46. The molecule has 0 unspecified atom stereocenters. The predicted molar refractivity (Wildman–Crippen MR) is 74.4 cm³/mol. The van der Waals surface area contributed by atoms with E-state index in [4.69, 9.17) is 4.42 Å². The average Bonchev–Trinajstić information content (AvgIpc) is 2.75. The van der Waals surface area contributed by atoms with Crippen molar-refractivity contribution in [2.24, 2.45) is 0 Å². The molecular weight excluding hydrogens is 240 g/mol. The number of aromatic nitrogens is 1. The monoisotopic (exact) mass is 258 g/mol. The maximum atomic E-state index is 11.5. The first-order valence-corrected chi connectivity index (χ1v) is 6.40. The van der Waals surface area contributed by atoms with Crippen LogP contribution in [-0.2, 0) is 6.54 Å². The number of hydrogen-bond donors (Lipinski definition) is 1. The SMILES string of the molecule is CCC(=O)c1ccc(NCc2nc(C)c(C)o2)cc1. The molecular formula is C15H18N2O2. The quantitative estimate of drug-likeness (QED) is 0.834. The predicted octanol–water partition coefficient (Wildman–Crippen LogP) is 3.50. The summed E-state index contributed by atoms with van der Waals surface area (Å²) in [5, 5.41) is 3.22. The molecule has 0 aliphatic carbocycles. The van der Waals surface area contributed by atoms with E-state index in [0.717, 1.165) is 22.7 Å². The van der Waals surface area contributed by atoms with Gasteiger partial charge >= 0.3 is 0 Å². The third kappa shape index (κ3) is 3.22. The van der Waals surface area contributed by atoms with Crippen molar-refractivity contribution in [1.82, 2.24) is 4.98 Å². The van der Waals surface area contributed by atoms with Gasteiger partial charge in [-0.15, -0.1) is 0 Å². The first-order chi connectivity index (χ1) is 9.10. The summed E-state index contributed by atoms with van der Waals surface area (Å²) in [6.07, 6.45) is 0.529. The zero-order chi connectivity index (χ0) is 13.8. The lowest BCUT2D eigenvalue weighted by Gasteiger charge is -2.04. The summed E-state index contributed by atoms with van der Waals surface area (Å²) >= 11 is 0. The Balaban J connectivity index is 1.98. The average molecular weight is 258 g/mol. The Kier molecular flexibility index (Phi) is 4.00. The summed E-state index contributed by atoms with van der Waals surface area (Å²) in [6.45, 7) is 6.22. The van der Waals surface area contributed by atoms with E-state index in [2.05, 4.69) is 10.3 Å². The second-order valence-corrected chi connectivity index (χ2v) is 4.46. The molecule has 0 aliphatic rings. The molecule has 19 heavy (non-hydrogen) atoms. The first-order valence-electron chi connectivity index (χ1n) is 6.40. The van der Waals surface area contributed by atoms with Gasteiger partial charge in [-0.05, 0) is 38.1 Å². The zero-order valence-corrected chi connectivity index (χ0v) is 11.5. The van der Waals surface area contributed by atoms with Crippen molar-refractivity contribution in [3.8, 4) is 0 Å². The van der Waals surface area contributed by atoms with Crippen LogP contribution in [0, 0.1) is 13.8 Å². The van der Waals surface area contributed by atoms with Crippen LogP contribution in [0.4, 0.5) is 5.69 Å². The number of hydrogen-bond acceptors (Lipinski definition) is 4. The number of Topliss-reactive ketones (excluding diaryl/α,β-unsaturated/α-hetero) is 1. The number of nitrogens with one attached hydrogen (secondary N) is 1. The second kappa shape index (κ2) is 5.69. The van der Waals surface area contributed by atoms with Gasteiger partial charge in [0, 0.05) is 17.7 Å². The van der Waals surface area contributed by atoms with E-state index in [9.17, 15) is 4.79 Å². The Labute approximate surface area is 112 Å². The van der Waals surface area contributed by atoms with Gasteiger partial charge in [-0.1, -0.05) is 6.92 Å². The lowest BCUT2D eigenvalue weighted by molar-refractivity contribution is 0.0988. The summed E-state index contributed by atoms with van der Waals surface area (Å²) < 4.78 is 5.49. The highest BCUT2D eigenvalue weighted by atomic mass is 16.4. The normalized spacial score (nSPS) is 10.5. The molecule has 0 atom stereocenters. The number of rotatable bonds is 5. The Hall–Kier alpha value is -2.10. The van der Waals surface area contributed by atoms with Crippen LogP contribution in [0.1, 0.15) is 41.0 Å². The second-order valence-electron chi connectivity index (χ2n) is 4.46. The van der Waals surface area contributed by atoms with E-state index in [0.29, 0.717) is 18.9 Å². The topological polar surface area (TPSA) is 55.1 Å². The van der Waals surface area contributed by atoms with Gasteiger partial charge in [-0.2, -0.15) is 0 Å². The number of ketones is 1. The minimum Gasteiger partial charge on any atom is -0.444 e. The highest BCUT2D eigenvalue weighted by Gasteiger charge is 2.06. The van der Waals surface area contributed by atoms with Gasteiger partial charge in [0.1, 0.15) is 5.76 Å². The van der Waals surface area contributed by atoms with Gasteiger partial charge in [0.05, 0.1) is 12.2 Å². The fraction of sp³-hybridized carbons (Fsp3) is 0.333. The number of carbonyl (C=O) groups excluding carboxylic acids is 1. The smallest absolute Gasteiger partial charge is 0.213 e. The van der Waals surface area contributed by atoms with Crippen LogP contribution in [0.2, 0.25) is 0 Å². The molecule has 4 heteroatoms. The van der Waals surface area contributed by atoms with Crippen molar-refractivity contribution in [2.75, 3.05) is 5.32 Å². The minimum absolute atomic E-state index is 0.158. The third-order valence-corrected chi connectivity index (χ3v) is 3.04. The van der Waals surface area contributed by atoms with Gasteiger partial charge < -0.3 is 9.73 Å². The highest BCUT2D eigenvalue weighted by molar-refractivity contribution is 5.96. The zero-order valence-electron chi connectivity index (χ0n) is 11.5. The maximum absolute atomic E-state index is 11.5. The highest BCUT2D eigenvalue weighted by Crippen LogP contribution is 2.14. The standard InChI is InChI=1S/C15H18N2O2/c1-4-14(18)12-5-7-13(8-6-12)16-9-15-17-10(2)11(3)19-15/h5-8,16H,4,9H2,1-3H3. The molecule has 100 valence electrons. The number of anilines is 1. The number of carbonyl (C=O) groups is 1. The molecule has 0 amide bonds. The Morgan fingerprint density at radius 1 is 1.26 bits per heavy atom. The van der Waals surface area contributed by atoms with Crippen molar-refractivity contribution in [2.45, 2.75) is 33.7 Å². The number of oxazole rings is 1. The Morgan fingerprint density at radius 3 is 2.47 bits per heavy atom. The van der Waals surface area contributed by atoms with Crippen molar-refractivity contribution in [3.05, 3.63) is 47.2 Å². The van der Waals surface area contributed by atoms with Crippen LogP contribution in [-0.4, -0.2) is 10.8 Å². The van der Waals surface area contributed by atoms with Gasteiger partial charge in [0.15, 0.2) is 5.78 Å². The van der Waals surface area contributed by atoms with Gasteiger partial charge in [-0.3, -0.25) is 4.79 Å². The first kappa shape index (κ1) is 13.3. The molecule has 1 N–H and O–H groups in total. The summed E-state index contributed by atoms with van der Waals surface area (Å²) in [5.41, 5.74) is 2.61. The van der Waals surface area contributed by atoms with Crippen molar-refractivity contribution < 1.29 is 9.21 Å². The van der Waals surface area contributed by atoms with Crippen LogP contribution in [0.15, 0.2) is 28.7 Å². The van der Waals surface area contributed by atoms with E-state index in [1.165, 1.54) is 0 Å². The molecule has 0 saturated heterocycles. The van der Waals surface area contributed by atoms with Crippen LogP contribution in [0.3, 0.4) is 0 Å². The van der Waals surface area contributed by atoms with Gasteiger partial charge in [0.25, 0.3) is 0 Å². The molecule has 0 spiro atoms. The Bertz CT molecular complexity index is 551. The van der Waals surface area contributed by atoms with Crippen LogP contribution in [0.25, 0.3) is 0 Å². The number of benzene rings is 1. The molecule has 0 saturated carbocycles. The molecule has 1 aromatic heterocycles. The van der Waals surface area contributed by atoms with E-state index < -0.39 is 0 Å². The number of nitrogens with zero attached hydrogens (tertiary/aromatic N) is 1. The fourth-order valence-corrected chi connectivity index (χ4v) is 1.77. The van der Waals surface area contributed by atoms with Crippen molar-refractivity contribution >= 4 is 11.5 Å². The molecule has 2 aromatic rings. The lowest BCUT2D eigenvalue weighted by Crippen LogP contribution is -2.01. The Morgan fingerprint density at radius 2 is 1.95 bits per heavy atom. The van der Waals surface area contributed by atoms with Gasteiger partial charge in [0.2, 0.25) is 5.89 Å². The summed E-state index contributed by atoms with van der Waals surface area (Å²) in [4.78, 5) is 15.8. The molecule has 0 aliphatic heterocycles. The van der Waals surface area contributed by atoms with E-state index in [1.54, 1.807) is 0 Å². The fourth-order valence-electron chi connectivity index (χ4n) is 1.77. The van der Waals surface area contributed by atoms with Crippen molar-refractivity contribution in [3.63, 3.8) is 0 Å². The van der Waals surface area contributed by atoms with Crippen LogP contribution in [0.5, 0.6) is 0 Å². The molecule has 1 aromatic carbocycles. The largest absolute Gasteiger partial charge is 0.444 e. The molecule has 0 bridgehead atoms. The van der Waals surface area contributed by atoms with Crippen molar-refractivity contribution in [1.29, 1.82) is 0 Å². The van der Waals surface area contributed by atoms with Crippen LogP contribution < -0.4 is 5.32 Å². The van der Waals surface area contributed by atoms with E-state index in [-0.39, 0.29) is 5.78 Å². The minimum atomic E-state index is 0.158. The summed E-state index contributed by atoms with van der Waals surface area (Å²) in [7, 11) is 0. The number of aryl methyl sites for hydroxylation is 2. The van der Waals surface area contributed by atoms with Crippen LogP contribution >= 0.6 is 0 Å². The van der Waals surface area contributed by atoms with E-state index in [1.807, 2.05) is 45.0 Å². The summed E-state index contributed by atoms with van der Waals surface area (Å²) in [5.74, 6) is 1.68. The maximum Gasteiger partial charge on any atom is 0.213 e.